The molecule has 0 saturated carbocycles. The molecule has 0 N–H and O–H groups in total. The van der Waals surface area contributed by atoms with Crippen LogP contribution in [0.2, 0.25) is 0 Å². The van der Waals surface area contributed by atoms with Gasteiger partial charge in [0.25, 0.3) is 0 Å². The van der Waals surface area contributed by atoms with Gasteiger partial charge < -0.3 is 44.3 Å². The molecule has 282 valence electrons. The molecular weight excluding hydrogens is 722 g/mol. The summed E-state index contributed by atoms with van der Waals surface area (Å²) in [6, 6.07) is 52.1. The minimum Gasteiger partial charge on any atom is -0.418 e. The lowest BCUT2D eigenvalue weighted by Gasteiger charge is -2.20. The average molecular weight is 758 g/mol. The number of nitrogens with zero attached hydrogens (tertiary/aromatic N) is 2. The molecular formula is C42H36B2F8N2O. The molecule has 6 aromatic carbocycles. The topological polar surface area (TPSA) is 17.8 Å². The van der Waals surface area contributed by atoms with Crippen molar-refractivity contribution in [2.24, 2.45) is 0 Å². The molecule has 7 rings (SSSR count). The van der Waals surface area contributed by atoms with Crippen LogP contribution in [-0.4, -0.2) is 42.7 Å². The third-order valence-corrected chi connectivity index (χ3v) is 8.56. The molecule has 0 amide bonds. The lowest BCUT2D eigenvalue weighted by atomic mass is 9.80. The van der Waals surface area contributed by atoms with Gasteiger partial charge in [-0.2, -0.15) is 0 Å². The number of para-hydroxylation sites is 2. The summed E-state index contributed by atoms with van der Waals surface area (Å²) in [7, 11) is -3.68. The molecule has 0 atom stereocenters. The molecule has 0 unspecified atom stereocenters. The number of fused-ring (bicyclic) bond motifs is 2. The number of hydrogen-bond donors (Lipinski definition) is 0. The van der Waals surface area contributed by atoms with Crippen LogP contribution in [0.25, 0.3) is 44.2 Å². The second-order valence-electron chi connectivity index (χ2n) is 12.8. The van der Waals surface area contributed by atoms with E-state index in [-0.39, 0.29) is 0 Å². The highest BCUT2D eigenvalue weighted by Gasteiger charge is 2.29. The van der Waals surface area contributed by atoms with E-state index in [0.717, 1.165) is 21.9 Å². The minimum absolute atomic E-state index is 0.878. The maximum atomic E-state index is 9.75. The summed E-state index contributed by atoms with van der Waals surface area (Å²) in [4.78, 5) is 4.28. The predicted molar refractivity (Wildman–Crippen MR) is 211 cm³/mol. The Morgan fingerprint density at radius 3 is 1.18 bits per heavy atom. The molecule has 0 aliphatic carbocycles. The Labute approximate surface area is 314 Å². The van der Waals surface area contributed by atoms with Crippen molar-refractivity contribution in [2.45, 2.75) is 0 Å². The van der Waals surface area contributed by atoms with E-state index in [4.69, 9.17) is 4.42 Å². The monoisotopic (exact) mass is 758 g/mol. The molecule has 55 heavy (non-hydrogen) atoms. The quantitative estimate of drug-likeness (QED) is 0.0403. The van der Waals surface area contributed by atoms with E-state index in [1.807, 2.05) is 12.1 Å². The van der Waals surface area contributed by atoms with Crippen LogP contribution in [0.15, 0.2) is 150 Å². The standard InChI is InChI=1S/C42H36N2O.2BF4/c1-43(2)31-25-21-29(22-26-31)41(30-23-27-32(28-24-30)44(3)4)35-15-7-5-13-33(35)34-14-6-8-16-36(34)42-37-17-9-11-19-39(37)45-40-20-12-10-18-38(40)42;2*2-1(3,4)5/h5-28H,1-4H3;;/q+2;2*-1. The van der Waals surface area contributed by atoms with Crippen molar-refractivity contribution in [1.82, 2.24) is 0 Å². The van der Waals surface area contributed by atoms with Crippen molar-refractivity contribution in [3.8, 4) is 22.3 Å². The number of rotatable bonds is 7. The Bertz CT molecular complexity index is 2220. The number of halogens is 8. The zero-order chi connectivity index (χ0) is 39.9. The molecule has 0 radical (unpaired) electrons. The summed E-state index contributed by atoms with van der Waals surface area (Å²) in [5, 5.41) is 2.20. The van der Waals surface area contributed by atoms with Gasteiger partial charge >= 0.3 is 25.7 Å². The van der Waals surface area contributed by atoms with Gasteiger partial charge in [-0.25, -0.2) is 4.42 Å². The molecule has 0 saturated heterocycles. The van der Waals surface area contributed by atoms with Gasteiger partial charge in [-0.3, -0.25) is 0 Å². The van der Waals surface area contributed by atoms with E-state index in [0.29, 0.717) is 0 Å². The molecule has 0 aliphatic rings. The fraction of sp³-hybridized carbons (Fsp3) is 0.0952. The van der Waals surface area contributed by atoms with Crippen LogP contribution in [0.3, 0.4) is 0 Å². The second-order valence-corrected chi connectivity index (χ2v) is 12.8. The number of hydrogen-bond acceptors (Lipinski definition) is 2. The van der Waals surface area contributed by atoms with Crippen LogP contribution in [0, 0.1) is 5.92 Å². The van der Waals surface area contributed by atoms with Gasteiger partial charge in [0.2, 0.25) is 0 Å². The first kappa shape index (κ1) is 40.2. The molecule has 1 heterocycles. The van der Waals surface area contributed by atoms with Crippen LogP contribution in [0.4, 0.5) is 45.9 Å². The van der Waals surface area contributed by atoms with Gasteiger partial charge in [0.05, 0.1) is 33.4 Å². The Balaban J connectivity index is 0.000000517. The highest BCUT2D eigenvalue weighted by Crippen LogP contribution is 2.44. The maximum Gasteiger partial charge on any atom is 0.673 e. The Morgan fingerprint density at radius 1 is 0.418 bits per heavy atom. The first-order valence-electron chi connectivity index (χ1n) is 17.1. The fourth-order valence-corrected chi connectivity index (χ4v) is 6.28. The summed E-state index contributed by atoms with van der Waals surface area (Å²) in [6.07, 6.45) is 0. The van der Waals surface area contributed by atoms with Gasteiger partial charge in [0.15, 0.2) is 0 Å². The largest absolute Gasteiger partial charge is 0.673 e. The summed E-state index contributed by atoms with van der Waals surface area (Å²) < 4.78 is 84.4. The molecule has 0 spiro atoms. The third kappa shape index (κ3) is 10.6. The van der Waals surface area contributed by atoms with Crippen LogP contribution < -0.4 is 9.80 Å². The molecule has 1 aromatic heterocycles. The fourth-order valence-electron chi connectivity index (χ4n) is 6.28. The maximum absolute atomic E-state index is 9.75. The van der Waals surface area contributed by atoms with E-state index >= 15 is 0 Å². The van der Waals surface area contributed by atoms with Crippen LogP contribution in [-0.2, 0) is 0 Å². The van der Waals surface area contributed by atoms with E-state index in [1.54, 1.807) is 0 Å². The SMILES string of the molecule is CN(C)c1ccc([C+](c2ccc(N(C)C)cc2)c2ccccc2-c2ccccc2-c2c3ccccc3[o+]c3ccccc23)cc1.F[B-](F)(F)F.F[B-](F)(F)F. The Hall–Kier alpha value is -5.97. The predicted octanol–water partition coefficient (Wildman–Crippen LogP) is 13.0. The molecule has 0 fully saturated rings. The van der Waals surface area contributed by atoms with E-state index in [1.165, 1.54) is 56.2 Å². The van der Waals surface area contributed by atoms with Gasteiger partial charge in [-0.15, -0.1) is 0 Å². The Kier molecular flexibility index (Phi) is 12.4. The highest BCUT2D eigenvalue weighted by molar-refractivity contribution is 6.50. The van der Waals surface area contributed by atoms with Gasteiger partial charge in [0.1, 0.15) is 0 Å². The van der Waals surface area contributed by atoms with E-state index < -0.39 is 14.5 Å². The highest BCUT2D eigenvalue weighted by atomic mass is 19.5. The van der Waals surface area contributed by atoms with Gasteiger partial charge in [-0.1, -0.05) is 48.5 Å². The zero-order valence-electron chi connectivity index (χ0n) is 30.3. The number of benzene rings is 6. The molecule has 3 nitrogen and oxygen atoms in total. The first-order chi connectivity index (χ1) is 26.0. The second kappa shape index (κ2) is 17.0. The molecule has 13 heteroatoms. The molecule has 0 aliphatic heterocycles. The Morgan fingerprint density at radius 2 is 0.764 bits per heavy atom. The third-order valence-electron chi connectivity index (χ3n) is 8.56. The van der Waals surface area contributed by atoms with Crippen LogP contribution >= 0.6 is 0 Å². The van der Waals surface area contributed by atoms with Crippen molar-refractivity contribution in [1.29, 1.82) is 0 Å². The van der Waals surface area contributed by atoms with Crippen LogP contribution in [0.1, 0.15) is 16.7 Å². The smallest absolute Gasteiger partial charge is 0.418 e. The van der Waals surface area contributed by atoms with Gasteiger partial charge in [-0.05, 0) is 90.5 Å². The lowest BCUT2D eigenvalue weighted by molar-refractivity contribution is 0.366. The zero-order valence-corrected chi connectivity index (χ0v) is 30.3. The van der Waals surface area contributed by atoms with Crippen molar-refractivity contribution in [2.75, 3.05) is 38.0 Å². The van der Waals surface area contributed by atoms with Crippen molar-refractivity contribution < 1.29 is 38.9 Å². The van der Waals surface area contributed by atoms with E-state index in [9.17, 15) is 34.5 Å². The first-order valence-corrected chi connectivity index (χ1v) is 17.1. The van der Waals surface area contributed by atoms with Crippen molar-refractivity contribution in [3.05, 3.63) is 168 Å². The van der Waals surface area contributed by atoms with Crippen LogP contribution in [0.5, 0.6) is 0 Å². The lowest BCUT2D eigenvalue weighted by Crippen LogP contribution is -2.11. The summed E-state index contributed by atoms with van der Waals surface area (Å²) in [6.45, 7) is 0. The summed E-state index contributed by atoms with van der Waals surface area (Å²) in [5.74, 6) is 1.20. The average Bonchev–Trinajstić information content (AvgIpc) is 3.13. The number of anilines is 2. The van der Waals surface area contributed by atoms with Gasteiger partial charge in [0, 0.05) is 68.4 Å². The molecule has 7 aromatic rings. The van der Waals surface area contributed by atoms with Crippen molar-refractivity contribution >= 4 is 47.8 Å². The van der Waals surface area contributed by atoms with E-state index in [2.05, 4.69) is 171 Å². The summed E-state index contributed by atoms with van der Waals surface area (Å²) in [5.41, 5.74) is 12.4. The van der Waals surface area contributed by atoms with Crippen molar-refractivity contribution in [3.63, 3.8) is 0 Å². The molecule has 0 bridgehead atoms. The summed E-state index contributed by atoms with van der Waals surface area (Å²) >= 11 is 0. The normalized spacial score (nSPS) is 11.3. The minimum atomic E-state index is -6.00.